The first-order valence-corrected chi connectivity index (χ1v) is 20.7. The van der Waals surface area contributed by atoms with E-state index in [-0.39, 0.29) is 0 Å². The van der Waals surface area contributed by atoms with E-state index >= 15 is 0 Å². The maximum absolute atomic E-state index is 2.44. The highest BCUT2D eigenvalue weighted by Gasteiger charge is 2.19. The van der Waals surface area contributed by atoms with Crippen LogP contribution in [0, 0.1) is 0 Å². The van der Waals surface area contributed by atoms with Crippen molar-refractivity contribution in [1.82, 2.24) is 4.57 Å². The fourth-order valence-electron chi connectivity index (χ4n) is 9.41. The fourth-order valence-corrected chi connectivity index (χ4v) is 10.6. The van der Waals surface area contributed by atoms with E-state index in [9.17, 15) is 0 Å². The van der Waals surface area contributed by atoms with E-state index in [1.165, 1.54) is 108 Å². The molecule has 0 radical (unpaired) electrons. The van der Waals surface area contributed by atoms with Crippen molar-refractivity contribution in [2.45, 2.75) is 0 Å². The molecule has 0 unspecified atom stereocenters. The zero-order valence-corrected chi connectivity index (χ0v) is 32.4. The third-order valence-electron chi connectivity index (χ3n) is 12.0. The van der Waals surface area contributed by atoms with Crippen LogP contribution in [0.3, 0.4) is 0 Å². The molecular weight excluding hydrogens is 719 g/mol. The molecule has 0 saturated carbocycles. The molecule has 58 heavy (non-hydrogen) atoms. The molecule has 2 aromatic heterocycles. The molecule has 0 saturated heterocycles. The van der Waals surface area contributed by atoms with Crippen LogP contribution in [-0.2, 0) is 0 Å². The first-order valence-electron chi connectivity index (χ1n) is 19.9. The second-order valence-electron chi connectivity index (χ2n) is 15.2. The van der Waals surface area contributed by atoms with E-state index in [0.717, 1.165) is 5.69 Å². The Morgan fingerprint density at radius 3 is 1.60 bits per heavy atom. The summed E-state index contributed by atoms with van der Waals surface area (Å²) >= 11 is 1.89. The molecule has 270 valence electrons. The molecule has 0 aliphatic carbocycles. The van der Waals surface area contributed by atoms with E-state index in [4.69, 9.17) is 0 Å². The van der Waals surface area contributed by atoms with Gasteiger partial charge >= 0.3 is 0 Å². The van der Waals surface area contributed by atoms with Crippen LogP contribution >= 0.6 is 11.3 Å². The van der Waals surface area contributed by atoms with Crippen molar-refractivity contribution in [3.8, 4) is 50.2 Å². The Balaban J connectivity index is 1.05. The molecule has 2 heterocycles. The Morgan fingerprint density at radius 2 is 0.828 bits per heavy atom. The van der Waals surface area contributed by atoms with Crippen LogP contribution in [0.15, 0.2) is 212 Å². The minimum atomic E-state index is 1.15. The van der Waals surface area contributed by atoms with Crippen LogP contribution < -0.4 is 0 Å². The number of hydrogen-bond acceptors (Lipinski definition) is 1. The Kier molecular flexibility index (Phi) is 7.47. The van der Waals surface area contributed by atoms with Crippen molar-refractivity contribution in [2.24, 2.45) is 0 Å². The first kappa shape index (κ1) is 32.9. The highest BCUT2D eigenvalue weighted by Crippen LogP contribution is 2.46. The molecule has 0 amide bonds. The molecule has 0 fully saturated rings. The number of para-hydroxylation sites is 1. The zero-order chi connectivity index (χ0) is 38.2. The van der Waals surface area contributed by atoms with Gasteiger partial charge in [0.2, 0.25) is 0 Å². The molecule has 0 atom stereocenters. The number of hydrogen-bond donors (Lipinski definition) is 0. The van der Waals surface area contributed by atoms with Gasteiger partial charge in [-0.15, -0.1) is 11.3 Å². The molecule has 0 aliphatic heterocycles. The monoisotopic (exact) mass is 753 g/mol. The van der Waals surface area contributed by atoms with Gasteiger partial charge in [0, 0.05) is 36.6 Å². The average Bonchev–Trinajstić information content (AvgIpc) is 3.84. The van der Waals surface area contributed by atoms with Crippen molar-refractivity contribution in [3.05, 3.63) is 212 Å². The van der Waals surface area contributed by atoms with Crippen LogP contribution in [0.4, 0.5) is 0 Å². The summed E-state index contributed by atoms with van der Waals surface area (Å²) in [4.78, 5) is 0. The number of aromatic nitrogens is 1. The number of rotatable bonds is 5. The van der Waals surface area contributed by atoms with Crippen molar-refractivity contribution in [3.63, 3.8) is 0 Å². The minimum absolute atomic E-state index is 1.15. The fraction of sp³-hybridized carbons (Fsp3) is 0. The molecule has 12 rings (SSSR count). The number of fused-ring (bicyclic) bond motifs is 8. The summed E-state index contributed by atoms with van der Waals surface area (Å²) in [6.45, 7) is 0. The van der Waals surface area contributed by atoms with Gasteiger partial charge in [0.1, 0.15) is 0 Å². The van der Waals surface area contributed by atoms with Crippen LogP contribution in [0.2, 0.25) is 0 Å². The minimum Gasteiger partial charge on any atom is -0.309 e. The van der Waals surface area contributed by atoms with Gasteiger partial charge in [-0.2, -0.15) is 0 Å². The Hall–Kier alpha value is -7.26. The summed E-state index contributed by atoms with van der Waals surface area (Å²) in [7, 11) is 0. The van der Waals surface area contributed by atoms with Crippen molar-refractivity contribution >= 4 is 74.9 Å². The first-order chi connectivity index (χ1) is 28.8. The lowest BCUT2D eigenvalue weighted by Gasteiger charge is -2.19. The summed E-state index contributed by atoms with van der Waals surface area (Å²) in [5.74, 6) is 0. The zero-order valence-electron chi connectivity index (χ0n) is 31.6. The van der Waals surface area contributed by atoms with Crippen molar-refractivity contribution in [1.29, 1.82) is 0 Å². The molecule has 1 nitrogen and oxygen atoms in total. The molecule has 12 aromatic rings. The topological polar surface area (TPSA) is 4.93 Å². The number of benzene rings is 10. The van der Waals surface area contributed by atoms with Gasteiger partial charge in [-0.1, -0.05) is 170 Å². The van der Waals surface area contributed by atoms with Crippen molar-refractivity contribution in [2.75, 3.05) is 0 Å². The quantitative estimate of drug-likeness (QED) is 0.154. The van der Waals surface area contributed by atoms with Gasteiger partial charge in [0.25, 0.3) is 0 Å². The van der Waals surface area contributed by atoms with Gasteiger partial charge in [-0.05, 0) is 109 Å². The maximum atomic E-state index is 2.44. The smallest absolute Gasteiger partial charge is 0.0541 e. The van der Waals surface area contributed by atoms with Crippen molar-refractivity contribution < 1.29 is 0 Å². The van der Waals surface area contributed by atoms with Gasteiger partial charge in [0.15, 0.2) is 0 Å². The molecule has 10 aromatic carbocycles. The van der Waals surface area contributed by atoms with E-state index in [2.05, 4.69) is 217 Å². The molecule has 0 bridgehead atoms. The largest absolute Gasteiger partial charge is 0.309 e. The predicted molar refractivity (Wildman–Crippen MR) is 250 cm³/mol. The van der Waals surface area contributed by atoms with Gasteiger partial charge in [-0.3, -0.25) is 0 Å². The lowest BCUT2D eigenvalue weighted by Crippen LogP contribution is -1.95. The second-order valence-corrected chi connectivity index (χ2v) is 16.3. The molecule has 2 heteroatoms. The number of nitrogens with zero attached hydrogens (tertiary/aromatic N) is 1. The van der Waals surface area contributed by atoms with Gasteiger partial charge < -0.3 is 4.57 Å². The lowest BCUT2D eigenvalue weighted by atomic mass is 9.85. The summed E-state index contributed by atoms with van der Waals surface area (Å²) in [5.41, 5.74) is 13.5. The van der Waals surface area contributed by atoms with Gasteiger partial charge in [-0.25, -0.2) is 0 Å². The van der Waals surface area contributed by atoms with Crippen LogP contribution in [0.25, 0.3) is 114 Å². The third kappa shape index (κ3) is 5.09. The van der Waals surface area contributed by atoms with Crippen LogP contribution in [-0.4, -0.2) is 4.57 Å². The maximum Gasteiger partial charge on any atom is 0.0541 e. The summed E-state index contributed by atoms with van der Waals surface area (Å²) in [5, 5.41) is 10.2. The summed E-state index contributed by atoms with van der Waals surface area (Å²) < 4.78 is 5.11. The second kappa shape index (κ2) is 13.2. The number of thiophene rings is 1. The average molecular weight is 754 g/mol. The predicted octanol–water partition coefficient (Wildman–Crippen LogP) is 16.1. The highest BCUT2D eigenvalue weighted by molar-refractivity contribution is 7.26. The Labute approximate surface area is 340 Å². The Bertz CT molecular complexity index is 3550. The Morgan fingerprint density at radius 1 is 0.293 bits per heavy atom. The van der Waals surface area contributed by atoms with Gasteiger partial charge in [0.05, 0.1) is 11.0 Å². The SMILES string of the molecule is c1ccc(-c2c3ccccc3c(-c3ccccc3)c3cc(-c4cccc(-n5c6ccccc6c6cc(-c7cccc8c7sc7ccccc78)ccc65)c4)ccc23)cc1. The highest BCUT2D eigenvalue weighted by atomic mass is 32.1. The lowest BCUT2D eigenvalue weighted by molar-refractivity contribution is 1.18. The van der Waals surface area contributed by atoms with E-state index in [1.807, 2.05) is 11.3 Å². The normalized spacial score (nSPS) is 11.8. The van der Waals surface area contributed by atoms with Crippen LogP contribution in [0.1, 0.15) is 0 Å². The molecule has 0 aliphatic rings. The molecule has 0 spiro atoms. The third-order valence-corrected chi connectivity index (χ3v) is 13.2. The molecule has 0 N–H and O–H groups in total. The molecular formula is C56H35NS. The van der Waals surface area contributed by atoms with E-state index in [0.29, 0.717) is 0 Å². The summed E-state index contributed by atoms with van der Waals surface area (Å²) in [6, 6.07) is 78.2. The van der Waals surface area contributed by atoms with Crippen LogP contribution in [0.5, 0.6) is 0 Å². The van der Waals surface area contributed by atoms with E-state index < -0.39 is 0 Å². The standard InChI is InChI=1S/C56H35NS/c1-3-15-36(16-4-1)54-45-23-7-8-24-46(45)55(37-17-5-2-6-18-37)50-34-39(29-31-47(50)54)38-19-13-20-41(33-38)57-51-27-11-9-21-43(51)49-35-40(30-32-52(49)57)42-25-14-26-48-44-22-10-12-28-53(44)58-56(42)48/h1-35H. The summed E-state index contributed by atoms with van der Waals surface area (Å²) in [6.07, 6.45) is 0. The van der Waals surface area contributed by atoms with E-state index in [1.54, 1.807) is 0 Å².